The molecule has 0 aromatic heterocycles. The van der Waals surface area contributed by atoms with Crippen LogP contribution in [0.4, 0.5) is 0 Å². The summed E-state index contributed by atoms with van der Waals surface area (Å²) in [7, 11) is 0. The van der Waals surface area contributed by atoms with Crippen LogP contribution >= 0.6 is 0 Å². The fourth-order valence-corrected chi connectivity index (χ4v) is 2.29. The third-order valence-electron chi connectivity index (χ3n) is 3.57. The van der Waals surface area contributed by atoms with Crippen molar-refractivity contribution in [3.8, 4) is 5.75 Å². The lowest BCUT2D eigenvalue weighted by atomic mass is 9.88. The number of hydrogen-bond acceptors (Lipinski definition) is 2. The van der Waals surface area contributed by atoms with Crippen molar-refractivity contribution in [1.82, 2.24) is 0 Å². The average Bonchev–Trinajstić information content (AvgIpc) is 2.38. The highest BCUT2D eigenvalue weighted by atomic mass is 16.5. The van der Waals surface area contributed by atoms with Crippen LogP contribution in [-0.4, -0.2) is 11.9 Å². The minimum absolute atomic E-state index is 0.641. The zero-order valence-electron chi connectivity index (χ0n) is 12.4. The molecule has 2 nitrogen and oxygen atoms in total. The number of benzene rings is 1. The number of fused-ring (bicyclic) bond motifs is 1. The molecule has 0 bridgehead atoms. The van der Waals surface area contributed by atoms with Gasteiger partial charge in [-0.3, -0.25) is 4.79 Å². The van der Waals surface area contributed by atoms with Crippen LogP contribution in [0, 0.1) is 20.8 Å². The topological polar surface area (TPSA) is 26.3 Å². The predicted molar refractivity (Wildman–Crippen MR) is 75.4 cm³/mol. The van der Waals surface area contributed by atoms with E-state index in [0.29, 0.717) is 0 Å². The molecule has 1 unspecified atom stereocenters. The molecule has 0 saturated heterocycles. The SMILES string of the molecule is CC.Cc1cc(C)c2c(c1C)OC(C)(C=O)CC2. The molecule has 1 heterocycles. The molecule has 1 aromatic carbocycles. The lowest BCUT2D eigenvalue weighted by Crippen LogP contribution is -2.38. The molecule has 1 atom stereocenters. The van der Waals surface area contributed by atoms with Crippen LogP contribution in [-0.2, 0) is 11.2 Å². The quantitative estimate of drug-likeness (QED) is 0.704. The van der Waals surface area contributed by atoms with Gasteiger partial charge in [0.2, 0.25) is 0 Å². The smallest absolute Gasteiger partial charge is 0.163 e. The van der Waals surface area contributed by atoms with Gasteiger partial charge in [-0.15, -0.1) is 0 Å². The number of hydrogen-bond donors (Lipinski definition) is 0. The Morgan fingerprint density at radius 3 is 2.39 bits per heavy atom. The molecule has 0 spiro atoms. The summed E-state index contributed by atoms with van der Waals surface area (Å²) in [5.74, 6) is 0.929. The van der Waals surface area contributed by atoms with Crippen LogP contribution in [0.1, 0.15) is 49.4 Å². The maximum atomic E-state index is 11.0. The van der Waals surface area contributed by atoms with Crippen LogP contribution < -0.4 is 4.74 Å². The van der Waals surface area contributed by atoms with E-state index in [1.54, 1.807) is 0 Å². The van der Waals surface area contributed by atoms with Gasteiger partial charge in [0.25, 0.3) is 0 Å². The van der Waals surface area contributed by atoms with Crippen molar-refractivity contribution in [2.24, 2.45) is 0 Å². The molecule has 0 saturated carbocycles. The zero-order chi connectivity index (χ0) is 13.9. The highest BCUT2D eigenvalue weighted by Gasteiger charge is 2.32. The Kier molecular flexibility index (Phi) is 4.55. The fourth-order valence-electron chi connectivity index (χ4n) is 2.29. The van der Waals surface area contributed by atoms with Crippen LogP contribution in [0.5, 0.6) is 5.75 Å². The summed E-state index contributed by atoms with van der Waals surface area (Å²) < 4.78 is 5.89. The van der Waals surface area contributed by atoms with E-state index < -0.39 is 5.60 Å². The van der Waals surface area contributed by atoms with Gasteiger partial charge in [0.1, 0.15) is 5.75 Å². The zero-order valence-corrected chi connectivity index (χ0v) is 12.4. The third kappa shape index (κ3) is 2.58. The maximum Gasteiger partial charge on any atom is 0.163 e. The van der Waals surface area contributed by atoms with Gasteiger partial charge < -0.3 is 4.74 Å². The molecule has 1 aromatic rings. The summed E-state index contributed by atoms with van der Waals surface area (Å²) in [5.41, 5.74) is 4.28. The molecular formula is C16H24O2. The second-order valence-electron chi connectivity index (χ2n) is 4.98. The van der Waals surface area contributed by atoms with E-state index in [2.05, 4.69) is 26.8 Å². The van der Waals surface area contributed by atoms with Gasteiger partial charge in [-0.05, 0) is 62.8 Å². The number of aryl methyl sites for hydroxylation is 2. The number of carbonyl (C=O) groups is 1. The molecule has 2 rings (SSSR count). The monoisotopic (exact) mass is 248 g/mol. The van der Waals surface area contributed by atoms with E-state index >= 15 is 0 Å². The molecule has 0 fully saturated rings. The Labute approximate surface area is 110 Å². The number of aldehydes is 1. The second kappa shape index (κ2) is 5.55. The molecule has 0 N–H and O–H groups in total. The van der Waals surface area contributed by atoms with E-state index in [1.807, 2.05) is 20.8 Å². The second-order valence-corrected chi connectivity index (χ2v) is 4.98. The Bertz CT molecular complexity index is 449. The summed E-state index contributed by atoms with van der Waals surface area (Å²) in [6, 6.07) is 2.20. The van der Waals surface area contributed by atoms with Crippen molar-refractivity contribution in [2.45, 2.75) is 60.0 Å². The number of rotatable bonds is 1. The predicted octanol–water partition coefficient (Wildman–Crippen LogP) is 3.92. The largest absolute Gasteiger partial charge is 0.480 e. The summed E-state index contributed by atoms with van der Waals surface area (Å²) in [4.78, 5) is 11.0. The molecule has 100 valence electrons. The summed E-state index contributed by atoms with van der Waals surface area (Å²) in [5, 5.41) is 0. The van der Waals surface area contributed by atoms with E-state index in [0.717, 1.165) is 30.4 Å². The third-order valence-corrected chi connectivity index (χ3v) is 3.57. The molecule has 0 amide bonds. The molecule has 0 radical (unpaired) electrons. The van der Waals surface area contributed by atoms with E-state index in [-0.39, 0.29) is 0 Å². The number of ether oxygens (including phenoxy) is 1. The van der Waals surface area contributed by atoms with Gasteiger partial charge in [-0.2, -0.15) is 0 Å². The van der Waals surface area contributed by atoms with Crippen LogP contribution in [0.15, 0.2) is 6.07 Å². The Hall–Kier alpha value is -1.31. The normalized spacial score (nSPS) is 21.2. The van der Waals surface area contributed by atoms with Crippen molar-refractivity contribution >= 4 is 6.29 Å². The van der Waals surface area contributed by atoms with Gasteiger partial charge >= 0.3 is 0 Å². The van der Waals surface area contributed by atoms with Gasteiger partial charge in [-0.25, -0.2) is 0 Å². The first-order valence-electron chi connectivity index (χ1n) is 6.72. The van der Waals surface area contributed by atoms with E-state index in [1.165, 1.54) is 16.7 Å². The Morgan fingerprint density at radius 2 is 1.83 bits per heavy atom. The van der Waals surface area contributed by atoms with Crippen molar-refractivity contribution < 1.29 is 9.53 Å². The van der Waals surface area contributed by atoms with E-state index in [9.17, 15) is 4.79 Å². The lowest BCUT2D eigenvalue weighted by Gasteiger charge is -2.33. The highest BCUT2D eigenvalue weighted by Crippen LogP contribution is 2.38. The summed E-state index contributed by atoms with van der Waals surface area (Å²) in [6.45, 7) is 12.1. The van der Waals surface area contributed by atoms with Gasteiger partial charge in [0.05, 0.1) is 0 Å². The minimum atomic E-state index is -0.641. The summed E-state index contributed by atoms with van der Waals surface area (Å²) in [6.07, 6.45) is 2.62. The minimum Gasteiger partial charge on any atom is -0.480 e. The van der Waals surface area contributed by atoms with Crippen molar-refractivity contribution in [3.63, 3.8) is 0 Å². The van der Waals surface area contributed by atoms with Gasteiger partial charge in [-0.1, -0.05) is 19.9 Å². The van der Waals surface area contributed by atoms with Crippen molar-refractivity contribution in [2.75, 3.05) is 0 Å². The molecule has 2 heteroatoms. The first-order valence-corrected chi connectivity index (χ1v) is 6.72. The first kappa shape index (κ1) is 14.7. The molecular weight excluding hydrogens is 224 g/mol. The average molecular weight is 248 g/mol. The number of carbonyl (C=O) groups excluding carboxylic acids is 1. The molecule has 0 aliphatic carbocycles. The van der Waals surface area contributed by atoms with Crippen molar-refractivity contribution in [1.29, 1.82) is 0 Å². The first-order chi connectivity index (χ1) is 8.47. The molecule has 1 aliphatic rings. The summed E-state index contributed by atoms with van der Waals surface area (Å²) >= 11 is 0. The highest BCUT2D eigenvalue weighted by molar-refractivity contribution is 5.65. The van der Waals surface area contributed by atoms with Crippen LogP contribution in [0.3, 0.4) is 0 Å². The molecule has 1 aliphatic heterocycles. The van der Waals surface area contributed by atoms with Crippen molar-refractivity contribution in [3.05, 3.63) is 28.3 Å². The standard InChI is InChI=1S/C14H18O2.C2H6/c1-9-7-10(2)12-5-6-14(4,8-15)16-13(12)11(9)3;1-2/h7-8H,5-6H2,1-4H3;1-2H3. The molecule has 18 heavy (non-hydrogen) atoms. The maximum absolute atomic E-state index is 11.0. The lowest BCUT2D eigenvalue weighted by molar-refractivity contribution is -0.121. The van der Waals surface area contributed by atoms with Gasteiger partial charge in [0, 0.05) is 0 Å². The van der Waals surface area contributed by atoms with Gasteiger partial charge in [0.15, 0.2) is 11.9 Å². The Balaban J connectivity index is 0.000000771. The van der Waals surface area contributed by atoms with E-state index in [4.69, 9.17) is 4.74 Å². The fraction of sp³-hybridized carbons (Fsp3) is 0.562. The van der Waals surface area contributed by atoms with Crippen LogP contribution in [0.25, 0.3) is 0 Å². The Morgan fingerprint density at radius 1 is 1.22 bits per heavy atom. The van der Waals surface area contributed by atoms with Crippen LogP contribution in [0.2, 0.25) is 0 Å².